The molecule has 19 heavy (non-hydrogen) atoms. The van der Waals surface area contributed by atoms with E-state index in [1.54, 1.807) is 0 Å². The number of carbonyl (C=O) groups is 1. The van der Waals surface area contributed by atoms with Crippen LogP contribution in [0.1, 0.15) is 30.0 Å². The topological polar surface area (TPSA) is 87.7 Å². The molecule has 5 heteroatoms. The maximum Gasteiger partial charge on any atom is 0.225 e. The molecule has 1 amide bonds. The first-order valence-electron chi connectivity index (χ1n) is 6.30. The van der Waals surface area contributed by atoms with E-state index >= 15 is 0 Å². The van der Waals surface area contributed by atoms with E-state index in [-0.39, 0.29) is 18.2 Å². The van der Waals surface area contributed by atoms with Crippen molar-refractivity contribution >= 4 is 11.7 Å². The molecule has 1 rings (SSSR count). The molecule has 4 N–H and O–H groups in total. The number of carbonyl (C=O) groups excluding carboxylic acids is 1. The van der Waals surface area contributed by atoms with Crippen molar-refractivity contribution < 1.29 is 10.0 Å². The minimum atomic E-state index is -0.427. The van der Waals surface area contributed by atoms with E-state index in [9.17, 15) is 4.79 Å². The summed E-state index contributed by atoms with van der Waals surface area (Å²) in [5, 5.41) is 14.3. The van der Waals surface area contributed by atoms with Crippen LogP contribution in [0.2, 0.25) is 0 Å². The molecule has 1 aromatic carbocycles. The van der Waals surface area contributed by atoms with Crippen molar-refractivity contribution in [3.05, 3.63) is 34.9 Å². The summed E-state index contributed by atoms with van der Waals surface area (Å²) in [5.74, 6) is -0.113. The van der Waals surface area contributed by atoms with Crippen LogP contribution in [0.4, 0.5) is 0 Å². The molecule has 5 nitrogen and oxygen atoms in total. The van der Waals surface area contributed by atoms with Gasteiger partial charge >= 0.3 is 0 Å². The van der Waals surface area contributed by atoms with Gasteiger partial charge in [-0.25, -0.2) is 0 Å². The van der Waals surface area contributed by atoms with E-state index in [2.05, 4.69) is 10.5 Å². The Labute approximate surface area is 113 Å². The number of nitrogens with zero attached hydrogens (tertiary/aromatic N) is 1. The fraction of sp³-hybridized carbons (Fsp3) is 0.429. The summed E-state index contributed by atoms with van der Waals surface area (Å²) < 4.78 is 0. The summed E-state index contributed by atoms with van der Waals surface area (Å²) in [4.78, 5) is 11.9. The predicted molar refractivity (Wildman–Crippen MR) is 75.3 cm³/mol. The maximum absolute atomic E-state index is 11.9. The van der Waals surface area contributed by atoms with Gasteiger partial charge in [0.1, 0.15) is 0 Å². The number of amides is 1. The summed E-state index contributed by atoms with van der Waals surface area (Å²) in [5.41, 5.74) is 8.81. The Morgan fingerprint density at radius 1 is 1.42 bits per heavy atom. The molecule has 0 heterocycles. The number of amidine groups is 1. The van der Waals surface area contributed by atoms with Crippen LogP contribution in [0.15, 0.2) is 23.4 Å². The summed E-state index contributed by atoms with van der Waals surface area (Å²) in [6.07, 6.45) is 0.866. The van der Waals surface area contributed by atoms with Crippen molar-refractivity contribution in [2.24, 2.45) is 10.9 Å². The van der Waals surface area contributed by atoms with Crippen molar-refractivity contribution in [1.82, 2.24) is 5.32 Å². The molecule has 0 bridgehead atoms. The second-order valence-electron chi connectivity index (χ2n) is 4.65. The highest BCUT2D eigenvalue weighted by Gasteiger charge is 2.15. The lowest BCUT2D eigenvalue weighted by molar-refractivity contribution is -0.120. The number of benzene rings is 1. The summed E-state index contributed by atoms with van der Waals surface area (Å²) >= 11 is 0. The van der Waals surface area contributed by atoms with Crippen LogP contribution < -0.4 is 11.1 Å². The second kappa shape index (κ2) is 6.78. The Hall–Kier alpha value is -2.04. The van der Waals surface area contributed by atoms with Gasteiger partial charge in [-0.2, -0.15) is 0 Å². The zero-order chi connectivity index (χ0) is 14.4. The quantitative estimate of drug-likeness (QED) is 0.325. The fourth-order valence-corrected chi connectivity index (χ4v) is 1.80. The van der Waals surface area contributed by atoms with E-state index in [1.165, 1.54) is 5.56 Å². The minimum Gasteiger partial charge on any atom is -0.409 e. The first-order valence-corrected chi connectivity index (χ1v) is 6.30. The van der Waals surface area contributed by atoms with Gasteiger partial charge in [0.15, 0.2) is 5.84 Å². The summed E-state index contributed by atoms with van der Waals surface area (Å²) in [6.45, 7) is 5.91. The molecule has 1 atom stereocenters. The Morgan fingerprint density at radius 3 is 2.63 bits per heavy atom. The molecule has 0 aromatic heterocycles. The number of nitrogens with two attached hydrogens (primary N) is 1. The van der Waals surface area contributed by atoms with Crippen LogP contribution in [0.3, 0.4) is 0 Å². The van der Waals surface area contributed by atoms with Crippen LogP contribution in [-0.2, 0) is 11.2 Å². The van der Waals surface area contributed by atoms with E-state index in [0.717, 1.165) is 11.1 Å². The molecule has 104 valence electrons. The Kier molecular flexibility index (Phi) is 5.36. The third-order valence-corrected chi connectivity index (χ3v) is 3.15. The van der Waals surface area contributed by atoms with Crippen molar-refractivity contribution in [2.45, 2.75) is 39.7 Å². The average Bonchev–Trinajstić information content (AvgIpc) is 2.39. The highest BCUT2D eigenvalue weighted by atomic mass is 16.4. The minimum absolute atomic E-state index is 0.0240. The number of hydrogen-bond donors (Lipinski definition) is 3. The lowest BCUT2D eigenvalue weighted by Crippen LogP contribution is -2.44. The summed E-state index contributed by atoms with van der Waals surface area (Å²) in [6, 6.07) is 5.51. The normalized spacial score (nSPS) is 13.1. The molecule has 0 spiro atoms. The molecule has 0 aliphatic carbocycles. The SMILES string of the molecule is CCC(NC(=O)Cc1ccc(C)c(C)c1)C(N)=NO. The van der Waals surface area contributed by atoms with Gasteiger partial charge < -0.3 is 16.3 Å². The van der Waals surface area contributed by atoms with Gasteiger partial charge in [0.25, 0.3) is 0 Å². The standard InChI is InChI=1S/C14H21N3O2/c1-4-12(14(15)17-19)16-13(18)8-11-6-5-9(2)10(3)7-11/h5-7,12,19H,4,8H2,1-3H3,(H2,15,17)(H,16,18). The zero-order valence-electron chi connectivity index (χ0n) is 11.6. The Balaban J connectivity index is 2.66. The molecule has 1 aromatic rings. The zero-order valence-corrected chi connectivity index (χ0v) is 11.6. The van der Waals surface area contributed by atoms with Crippen molar-refractivity contribution in [2.75, 3.05) is 0 Å². The van der Waals surface area contributed by atoms with E-state index < -0.39 is 6.04 Å². The molecular weight excluding hydrogens is 242 g/mol. The van der Waals surface area contributed by atoms with E-state index in [4.69, 9.17) is 10.9 Å². The van der Waals surface area contributed by atoms with Gasteiger partial charge in [-0.05, 0) is 37.0 Å². The molecule has 0 saturated heterocycles. The third kappa shape index (κ3) is 4.28. The van der Waals surface area contributed by atoms with Crippen molar-refractivity contribution in [1.29, 1.82) is 0 Å². The largest absolute Gasteiger partial charge is 0.409 e. The van der Waals surface area contributed by atoms with Gasteiger partial charge in [0.05, 0.1) is 12.5 Å². The summed E-state index contributed by atoms with van der Waals surface area (Å²) in [7, 11) is 0. The van der Waals surface area contributed by atoms with Crippen LogP contribution >= 0.6 is 0 Å². The Morgan fingerprint density at radius 2 is 2.11 bits per heavy atom. The van der Waals surface area contributed by atoms with Gasteiger partial charge in [-0.3, -0.25) is 4.79 Å². The van der Waals surface area contributed by atoms with E-state index in [0.29, 0.717) is 6.42 Å². The molecule has 0 fully saturated rings. The second-order valence-corrected chi connectivity index (χ2v) is 4.65. The molecular formula is C14H21N3O2. The lowest BCUT2D eigenvalue weighted by Gasteiger charge is -2.15. The Bertz CT molecular complexity index is 484. The number of hydrogen-bond acceptors (Lipinski definition) is 3. The highest BCUT2D eigenvalue weighted by molar-refractivity contribution is 5.90. The van der Waals surface area contributed by atoms with Gasteiger partial charge in [-0.15, -0.1) is 0 Å². The van der Waals surface area contributed by atoms with Crippen LogP contribution in [0.5, 0.6) is 0 Å². The number of rotatable bonds is 5. The molecule has 1 unspecified atom stereocenters. The van der Waals surface area contributed by atoms with Gasteiger partial charge in [0, 0.05) is 0 Å². The number of oxime groups is 1. The van der Waals surface area contributed by atoms with Crippen molar-refractivity contribution in [3.63, 3.8) is 0 Å². The molecule has 0 saturated carbocycles. The van der Waals surface area contributed by atoms with Crippen molar-refractivity contribution in [3.8, 4) is 0 Å². The van der Waals surface area contributed by atoms with Crippen LogP contribution in [0.25, 0.3) is 0 Å². The first kappa shape index (κ1) is 15.0. The fourth-order valence-electron chi connectivity index (χ4n) is 1.80. The van der Waals surface area contributed by atoms with Gasteiger partial charge in [0.2, 0.25) is 5.91 Å². The third-order valence-electron chi connectivity index (χ3n) is 3.15. The number of aryl methyl sites for hydroxylation is 2. The molecule has 0 aliphatic heterocycles. The van der Waals surface area contributed by atoms with E-state index in [1.807, 2.05) is 39.0 Å². The lowest BCUT2D eigenvalue weighted by atomic mass is 10.0. The molecule has 0 radical (unpaired) electrons. The monoisotopic (exact) mass is 263 g/mol. The van der Waals surface area contributed by atoms with Crippen LogP contribution in [-0.4, -0.2) is 23.0 Å². The maximum atomic E-state index is 11.9. The van der Waals surface area contributed by atoms with Gasteiger partial charge in [-0.1, -0.05) is 30.3 Å². The predicted octanol–water partition coefficient (Wildman–Crippen LogP) is 1.49. The average molecular weight is 263 g/mol. The first-order chi connectivity index (χ1) is 8.97. The molecule has 0 aliphatic rings. The smallest absolute Gasteiger partial charge is 0.225 e. The highest BCUT2D eigenvalue weighted by Crippen LogP contribution is 2.10. The van der Waals surface area contributed by atoms with Crippen LogP contribution in [0, 0.1) is 13.8 Å². The number of nitrogens with one attached hydrogen (secondary N) is 1.